The summed E-state index contributed by atoms with van der Waals surface area (Å²) in [6.07, 6.45) is 20.6. The van der Waals surface area contributed by atoms with E-state index in [0.29, 0.717) is 0 Å². The van der Waals surface area contributed by atoms with Crippen LogP contribution in [0.15, 0.2) is 24.5 Å². The van der Waals surface area contributed by atoms with Gasteiger partial charge in [0.1, 0.15) is 0 Å². The standard InChI is InChI=1S/C19H34N2/c1-2-3-4-5-6-7-8-9-10-11-12-13-16-21-19-14-17-20-18-15-19/h14-15,17-18H,2-13,16H2,1H3,(H,20,21). The van der Waals surface area contributed by atoms with Crippen molar-refractivity contribution >= 4 is 5.69 Å². The fourth-order valence-corrected chi connectivity index (χ4v) is 2.67. The number of hydrogen-bond donors (Lipinski definition) is 1. The number of unbranched alkanes of at least 4 members (excludes halogenated alkanes) is 11. The lowest BCUT2D eigenvalue weighted by molar-refractivity contribution is 0.546. The minimum absolute atomic E-state index is 1.08. The topological polar surface area (TPSA) is 24.9 Å². The molecule has 0 amide bonds. The maximum Gasteiger partial charge on any atom is 0.0371 e. The van der Waals surface area contributed by atoms with Crippen LogP contribution < -0.4 is 5.32 Å². The summed E-state index contributed by atoms with van der Waals surface area (Å²) in [6, 6.07) is 4.06. The highest BCUT2D eigenvalue weighted by Gasteiger charge is 1.94. The van der Waals surface area contributed by atoms with Gasteiger partial charge in [0.05, 0.1) is 0 Å². The van der Waals surface area contributed by atoms with Crippen LogP contribution in [-0.4, -0.2) is 11.5 Å². The van der Waals surface area contributed by atoms with Crippen LogP contribution in [0, 0.1) is 0 Å². The van der Waals surface area contributed by atoms with Gasteiger partial charge in [0, 0.05) is 24.6 Å². The van der Waals surface area contributed by atoms with Crippen LogP contribution >= 0.6 is 0 Å². The van der Waals surface area contributed by atoms with Crippen molar-refractivity contribution in [2.45, 2.75) is 84.0 Å². The lowest BCUT2D eigenvalue weighted by Gasteiger charge is -2.05. The van der Waals surface area contributed by atoms with Crippen LogP contribution in [-0.2, 0) is 0 Å². The van der Waals surface area contributed by atoms with E-state index in [-0.39, 0.29) is 0 Å². The number of anilines is 1. The molecule has 21 heavy (non-hydrogen) atoms. The minimum Gasteiger partial charge on any atom is -0.385 e. The van der Waals surface area contributed by atoms with E-state index in [2.05, 4.69) is 17.2 Å². The smallest absolute Gasteiger partial charge is 0.0371 e. The normalized spacial score (nSPS) is 10.7. The molecule has 0 aliphatic rings. The molecule has 1 aromatic rings. The molecule has 0 unspecified atom stereocenters. The van der Waals surface area contributed by atoms with E-state index in [9.17, 15) is 0 Å². The molecule has 2 heteroatoms. The third-order valence-electron chi connectivity index (χ3n) is 4.04. The number of pyridine rings is 1. The van der Waals surface area contributed by atoms with Crippen molar-refractivity contribution in [1.29, 1.82) is 0 Å². The van der Waals surface area contributed by atoms with Gasteiger partial charge in [-0.2, -0.15) is 0 Å². The Morgan fingerprint density at radius 1 is 0.714 bits per heavy atom. The Morgan fingerprint density at radius 3 is 1.71 bits per heavy atom. The van der Waals surface area contributed by atoms with Crippen molar-refractivity contribution in [2.24, 2.45) is 0 Å². The second-order valence-corrected chi connectivity index (χ2v) is 6.05. The molecule has 0 spiro atoms. The lowest BCUT2D eigenvalue weighted by Crippen LogP contribution is -2.01. The molecule has 0 aromatic carbocycles. The average molecular weight is 290 g/mol. The maximum absolute atomic E-state index is 4.02. The summed E-state index contributed by atoms with van der Waals surface area (Å²) >= 11 is 0. The van der Waals surface area contributed by atoms with Gasteiger partial charge in [0.2, 0.25) is 0 Å². The molecule has 0 aliphatic heterocycles. The summed E-state index contributed by atoms with van der Waals surface area (Å²) in [5, 5.41) is 3.44. The molecule has 0 radical (unpaired) electrons. The SMILES string of the molecule is CCCCCCCCCCCCCCNc1ccncc1. The summed E-state index contributed by atoms with van der Waals surface area (Å²) in [4.78, 5) is 4.02. The summed E-state index contributed by atoms with van der Waals surface area (Å²) in [5.74, 6) is 0. The summed E-state index contributed by atoms with van der Waals surface area (Å²) in [6.45, 7) is 3.37. The summed E-state index contributed by atoms with van der Waals surface area (Å²) in [7, 11) is 0. The summed E-state index contributed by atoms with van der Waals surface area (Å²) in [5.41, 5.74) is 1.19. The van der Waals surface area contributed by atoms with E-state index in [4.69, 9.17) is 0 Å². The van der Waals surface area contributed by atoms with E-state index in [0.717, 1.165) is 6.54 Å². The molecule has 0 atom stereocenters. The number of rotatable bonds is 14. The van der Waals surface area contributed by atoms with E-state index in [1.165, 1.54) is 82.7 Å². The Balaban J connectivity index is 1.75. The fourth-order valence-electron chi connectivity index (χ4n) is 2.67. The molecule has 2 nitrogen and oxygen atoms in total. The van der Waals surface area contributed by atoms with Gasteiger partial charge in [0.25, 0.3) is 0 Å². The zero-order valence-corrected chi connectivity index (χ0v) is 13.9. The Bertz CT molecular complexity index is 311. The van der Waals surface area contributed by atoms with Crippen LogP contribution in [0.3, 0.4) is 0 Å². The minimum atomic E-state index is 1.08. The highest BCUT2D eigenvalue weighted by Crippen LogP contribution is 2.12. The van der Waals surface area contributed by atoms with Gasteiger partial charge >= 0.3 is 0 Å². The highest BCUT2D eigenvalue weighted by atomic mass is 14.9. The molecule has 0 saturated carbocycles. The third-order valence-corrected chi connectivity index (χ3v) is 4.04. The quantitative estimate of drug-likeness (QED) is 0.413. The van der Waals surface area contributed by atoms with E-state index in [1.54, 1.807) is 0 Å². The molecule has 0 saturated heterocycles. The Hall–Kier alpha value is -1.05. The van der Waals surface area contributed by atoms with Crippen LogP contribution in [0.4, 0.5) is 5.69 Å². The van der Waals surface area contributed by atoms with Crippen LogP contribution in [0.5, 0.6) is 0 Å². The molecule has 0 fully saturated rings. The lowest BCUT2D eigenvalue weighted by atomic mass is 10.1. The Morgan fingerprint density at radius 2 is 1.19 bits per heavy atom. The second kappa shape index (κ2) is 13.9. The molecule has 0 bridgehead atoms. The predicted molar refractivity (Wildman–Crippen MR) is 93.8 cm³/mol. The number of nitrogens with one attached hydrogen (secondary N) is 1. The first-order valence-corrected chi connectivity index (χ1v) is 9.07. The van der Waals surface area contributed by atoms with Gasteiger partial charge in [-0.1, -0.05) is 77.6 Å². The van der Waals surface area contributed by atoms with Crippen LogP contribution in [0.25, 0.3) is 0 Å². The first-order chi connectivity index (χ1) is 10.4. The average Bonchev–Trinajstić information content (AvgIpc) is 2.53. The van der Waals surface area contributed by atoms with Crippen molar-refractivity contribution in [1.82, 2.24) is 4.98 Å². The largest absolute Gasteiger partial charge is 0.385 e. The molecule has 120 valence electrons. The van der Waals surface area contributed by atoms with Gasteiger partial charge in [0.15, 0.2) is 0 Å². The molecule has 1 N–H and O–H groups in total. The zero-order valence-electron chi connectivity index (χ0n) is 13.9. The molecule has 1 rings (SSSR count). The zero-order chi connectivity index (χ0) is 15.0. The number of hydrogen-bond acceptors (Lipinski definition) is 2. The molecule has 1 aromatic heterocycles. The van der Waals surface area contributed by atoms with Gasteiger partial charge in [-0.25, -0.2) is 0 Å². The molecular weight excluding hydrogens is 256 g/mol. The fraction of sp³-hybridized carbons (Fsp3) is 0.737. The van der Waals surface area contributed by atoms with Crippen LogP contribution in [0.2, 0.25) is 0 Å². The number of aromatic nitrogens is 1. The molecule has 0 aliphatic carbocycles. The van der Waals surface area contributed by atoms with Crippen molar-refractivity contribution in [2.75, 3.05) is 11.9 Å². The number of nitrogens with zero attached hydrogens (tertiary/aromatic N) is 1. The highest BCUT2D eigenvalue weighted by molar-refractivity contribution is 5.40. The van der Waals surface area contributed by atoms with Crippen molar-refractivity contribution < 1.29 is 0 Å². The summed E-state index contributed by atoms with van der Waals surface area (Å²) < 4.78 is 0. The monoisotopic (exact) mass is 290 g/mol. The van der Waals surface area contributed by atoms with Gasteiger partial charge < -0.3 is 5.32 Å². The van der Waals surface area contributed by atoms with Gasteiger partial charge in [-0.3, -0.25) is 4.98 Å². The Labute approximate surface area is 131 Å². The maximum atomic E-state index is 4.02. The van der Waals surface area contributed by atoms with E-state index in [1.807, 2.05) is 24.5 Å². The van der Waals surface area contributed by atoms with Crippen molar-refractivity contribution in [3.8, 4) is 0 Å². The van der Waals surface area contributed by atoms with E-state index < -0.39 is 0 Å². The van der Waals surface area contributed by atoms with Crippen molar-refractivity contribution in [3.63, 3.8) is 0 Å². The second-order valence-electron chi connectivity index (χ2n) is 6.05. The van der Waals surface area contributed by atoms with E-state index >= 15 is 0 Å². The van der Waals surface area contributed by atoms with Crippen LogP contribution in [0.1, 0.15) is 84.0 Å². The third kappa shape index (κ3) is 11.3. The molecular formula is C19H34N2. The first kappa shape index (κ1) is 18.0. The van der Waals surface area contributed by atoms with Gasteiger partial charge in [-0.05, 0) is 18.6 Å². The molecule has 1 heterocycles. The predicted octanol–water partition coefficient (Wildman–Crippen LogP) is 6.19. The Kier molecular flexibility index (Phi) is 11.9. The van der Waals surface area contributed by atoms with Crippen molar-refractivity contribution in [3.05, 3.63) is 24.5 Å². The first-order valence-electron chi connectivity index (χ1n) is 9.07. The van der Waals surface area contributed by atoms with Gasteiger partial charge in [-0.15, -0.1) is 0 Å².